The molecule has 0 saturated heterocycles. The van der Waals surface area contributed by atoms with Crippen molar-refractivity contribution in [3.63, 3.8) is 0 Å². The van der Waals surface area contributed by atoms with Crippen LogP contribution in [0.15, 0.2) is 36.5 Å². The van der Waals surface area contributed by atoms with Crippen LogP contribution in [0.3, 0.4) is 0 Å². The molecule has 6 heteroatoms. The van der Waals surface area contributed by atoms with Crippen molar-refractivity contribution in [2.24, 2.45) is 5.92 Å². The second-order valence-corrected chi connectivity index (χ2v) is 7.77. The molecule has 2 amide bonds. The summed E-state index contributed by atoms with van der Waals surface area (Å²) in [5.41, 5.74) is 1.67. The van der Waals surface area contributed by atoms with Crippen LogP contribution in [0.25, 0.3) is 0 Å². The molecule has 1 aliphatic carbocycles. The third-order valence-corrected chi connectivity index (χ3v) is 5.72. The molecular weight excluding hydrogens is 340 g/mol. The van der Waals surface area contributed by atoms with Gasteiger partial charge in [0.05, 0.1) is 19.3 Å². The molecule has 0 unspecified atom stereocenters. The van der Waals surface area contributed by atoms with Crippen molar-refractivity contribution in [2.45, 2.75) is 58.2 Å². The van der Waals surface area contributed by atoms with Gasteiger partial charge in [-0.15, -0.1) is 0 Å². The normalized spacial score (nSPS) is 22.4. The maximum atomic E-state index is 12.5. The van der Waals surface area contributed by atoms with Crippen LogP contribution in [-0.4, -0.2) is 27.6 Å². The van der Waals surface area contributed by atoms with Crippen LogP contribution in [0.4, 0.5) is 5.82 Å². The molecule has 0 bridgehead atoms. The van der Waals surface area contributed by atoms with Gasteiger partial charge in [0.15, 0.2) is 0 Å². The minimum atomic E-state index is -0.00627. The Morgan fingerprint density at radius 3 is 2.63 bits per heavy atom. The van der Waals surface area contributed by atoms with Gasteiger partial charge in [-0.1, -0.05) is 19.1 Å². The molecule has 1 aromatic carbocycles. The van der Waals surface area contributed by atoms with Crippen molar-refractivity contribution < 1.29 is 9.59 Å². The standard InChI is InChI=1S/C21H26N4O2/c1-15-2-8-18(9-3-15)23-21(27)17-6-4-16(5-7-17)14-24-19-10-12-22-25(19)13-11-20(24)26/h4-7,10,12,15,18H,2-3,8-9,11,13-14H2,1H3,(H,23,27). The van der Waals surface area contributed by atoms with E-state index in [4.69, 9.17) is 0 Å². The highest BCUT2D eigenvalue weighted by Crippen LogP contribution is 2.24. The number of benzene rings is 1. The van der Waals surface area contributed by atoms with Crippen molar-refractivity contribution in [1.82, 2.24) is 15.1 Å². The lowest BCUT2D eigenvalue weighted by molar-refractivity contribution is -0.119. The van der Waals surface area contributed by atoms with Crippen molar-refractivity contribution in [3.8, 4) is 0 Å². The number of nitrogens with one attached hydrogen (secondary N) is 1. The minimum Gasteiger partial charge on any atom is -0.349 e. The number of nitrogens with zero attached hydrogens (tertiary/aromatic N) is 3. The summed E-state index contributed by atoms with van der Waals surface area (Å²) in [5, 5.41) is 7.41. The summed E-state index contributed by atoms with van der Waals surface area (Å²) in [7, 11) is 0. The van der Waals surface area contributed by atoms with Gasteiger partial charge in [-0.3, -0.25) is 14.5 Å². The number of amides is 2. The Hall–Kier alpha value is -2.63. The second kappa shape index (κ2) is 7.55. The molecule has 1 aliphatic heterocycles. The fourth-order valence-electron chi connectivity index (χ4n) is 3.98. The quantitative estimate of drug-likeness (QED) is 0.904. The van der Waals surface area contributed by atoms with Gasteiger partial charge in [-0.2, -0.15) is 5.10 Å². The summed E-state index contributed by atoms with van der Waals surface area (Å²) in [4.78, 5) is 26.5. The van der Waals surface area contributed by atoms with Gasteiger partial charge in [-0.25, -0.2) is 4.68 Å². The van der Waals surface area contributed by atoms with Crippen LogP contribution >= 0.6 is 0 Å². The average molecular weight is 366 g/mol. The molecule has 0 spiro atoms. The second-order valence-electron chi connectivity index (χ2n) is 7.77. The first-order valence-corrected chi connectivity index (χ1v) is 9.82. The van der Waals surface area contributed by atoms with Gasteiger partial charge in [0, 0.05) is 24.1 Å². The zero-order valence-corrected chi connectivity index (χ0v) is 15.7. The largest absolute Gasteiger partial charge is 0.349 e. The van der Waals surface area contributed by atoms with Crippen LogP contribution in [0.2, 0.25) is 0 Å². The van der Waals surface area contributed by atoms with E-state index in [9.17, 15) is 9.59 Å². The molecule has 142 valence electrons. The first kappa shape index (κ1) is 17.8. The van der Waals surface area contributed by atoms with Gasteiger partial charge >= 0.3 is 0 Å². The smallest absolute Gasteiger partial charge is 0.251 e. The van der Waals surface area contributed by atoms with E-state index < -0.39 is 0 Å². The zero-order valence-electron chi connectivity index (χ0n) is 15.7. The van der Waals surface area contributed by atoms with Gasteiger partial charge in [-0.05, 0) is 49.3 Å². The fourth-order valence-corrected chi connectivity index (χ4v) is 3.98. The lowest BCUT2D eigenvalue weighted by Crippen LogP contribution is -2.37. The van der Waals surface area contributed by atoms with E-state index in [-0.39, 0.29) is 11.8 Å². The fraction of sp³-hybridized carbons (Fsp3) is 0.476. The number of rotatable bonds is 4. The molecular formula is C21H26N4O2. The Labute approximate surface area is 159 Å². The molecule has 4 rings (SSSR count). The highest BCUT2D eigenvalue weighted by atomic mass is 16.2. The highest BCUT2D eigenvalue weighted by molar-refractivity contribution is 5.95. The predicted octanol–water partition coefficient (Wildman–Crippen LogP) is 3.13. The maximum absolute atomic E-state index is 12.5. The Bertz CT molecular complexity index is 819. The van der Waals surface area contributed by atoms with Crippen molar-refractivity contribution in [2.75, 3.05) is 4.90 Å². The zero-order chi connectivity index (χ0) is 18.8. The number of fused-ring (bicyclic) bond motifs is 1. The van der Waals surface area contributed by atoms with E-state index in [1.54, 1.807) is 11.1 Å². The molecule has 1 aromatic heterocycles. The Morgan fingerprint density at radius 2 is 1.89 bits per heavy atom. The number of hydrogen-bond acceptors (Lipinski definition) is 3. The SMILES string of the molecule is CC1CCC(NC(=O)c2ccc(CN3C(=O)CCn4nccc43)cc2)CC1. The van der Waals surface area contributed by atoms with Crippen LogP contribution in [-0.2, 0) is 17.9 Å². The van der Waals surface area contributed by atoms with Gasteiger partial charge in [0.2, 0.25) is 5.91 Å². The van der Waals surface area contributed by atoms with Crippen molar-refractivity contribution >= 4 is 17.6 Å². The first-order valence-electron chi connectivity index (χ1n) is 9.82. The third kappa shape index (κ3) is 3.89. The first-order chi connectivity index (χ1) is 13.1. The molecule has 27 heavy (non-hydrogen) atoms. The summed E-state index contributed by atoms with van der Waals surface area (Å²) >= 11 is 0. The van der Waals surface area contributed by atoms with Crippen LogP contribution < -0.4 is 10.2 Å². The lowest BCUT2D eigenvalue weighted by Gasteiger charge is -2.28. The van der Waals surface area contributed by atoms with E-state index in [1.807, 2.05) is 35.0 Å². The number of carbonyl (C=O) groups is 2. The maximum Gasteiger partial charge on any atom is 0.251 e. The summed E-state index contributed by atoms with van der Waals surface area (Å²) in [6.45, 7) is 3.40. The van der Waals surface area contributed by atoms with Gasteiger partial charge in [0.1, 0.15) is 5.82 Å². The van der Waals surface area contributed by atoms with Crippen LogP contribution in [0, 0.1) is 5.92 Å². The Morgan fingerprint density at radius 1 is 1.15 bits per heavy atom. The van der Waals surface area contributed by atoms with Crippen molar-refractivity contribution in [1.29, 1.82) is 0 Å². The van der Waals surface area contributed by atoms with Gasteiger partial charge in [0.25, 0.3) is 5.91 Å². The van der Waals surface area contributed by atoms with Crippen LogP contribution in [0.5, 0.6) is 0 Å². The van der Waals surface area contributed by atoms with Crippen LogP contribution in [0.1, 0.15) is 54.9 Å². The minimum absolute atomic E-state index is 0.00627. The van der Waals surface area contributed by atoms with E-state index in [0.717, 1.165) is 30.1 Å². The molecule has 0 radical (unpaired) electrons. The molecule has 2 heterocycles. The van der Waals surface area contributed by atoms with E-state index in [2.05, 4.69) is 17.3 Å². The Balaban J connectivity index is 1.39. The number of hydrogen-bond donors (Lipinski definition) is 1. The number of aromatic nitrogens is 2. The molecule has 1 saturated carbocycles. The van der Waals surface area contributed by atoms with Crippen molar-refractivity contribution in [3.05, 3.63) is 47.7 Å². The molecule has 1 N–H and O–H groups in total. The summed E-state index contributed by atoms with van der Waals surface area (Å²) < 4.78 is 1.86. The number of aryl methyl sites for hydroxylation is 1. The summed E-state index contributed by atoms with van der Waals surface area (Å²) in [6, 6.07) is 9.72. The highest BCUT2D eigenvalue weighted by Gasteiger charge is 2.25. The molecule has 6 nitrogen and oxygen atoms in total. The monoisotopic (exact) mass is 366 g/mol. The summed E-state index contributed by atoms with van der Waals surface area (Å²) in [5.74, 6) is 1.70. The predicted molar refractivity (Wildman–Crippen MR) is 103 cm³/mol. The molecule has 2 aromatic rings. The topological polar surface area (TPSA) is 67.2 Å². The Kier molecular flexibility index (Phi) is 4.97. The number of carbonyl (C=O) groups excluding carboxylic acids is 2. The lowest BCUT2D eigenvalue weighted by atomic mass is 9.87. The average Bonchev–Trinajstić information content (AvgIpc) is 3.15. The van der Waals surface area contributed by atoms with Gasteiger partial charge < -0.3 is 5.32 Å². The van der Waals surface area contributed by atoms with E-state index in [1.165, 1.54) is 12.8 Å². The van der Waals surface area contributed by atoms with E-state index in [0.29, 0.717) is 31.1 Å². The molecule has 1 fully saturated rings. The number of anilines is 1. The third-order valence-electron chi connectivity index (χ3n) is 5.72. The molecule has 0 atom stereocenters. The molecule has 2 aliphatic rings. The van der Waals surface area contributed by atoms with E-state index >= 15 is 0 Å². The summed E-state index contributed by atoms with van der Waals surface area (Å²) in [6.07, 6.45) is 6.69.